The number of likely N-dealkylation sites (tertiary alicyclic amines) is 1. The van der Waals surface area contributed by atoms with Gasteiger partial charge in [-0.05, 0) is 38.8 Å². The highest BCUT2D eigenvalue weighted by molar-refractivity contribution is 5.84. The molecule has 0 aliphatic carbocycles. The Kier molecular flexibility index (Phi) is 3.52. The van der Waals surface area contributed by atoms with Crippen LogP contribution in [0, 0.1) is 0 Å². The molecule has 1 aromatic rings. The Hall–Kier alpha value is -1.29. The molecule has 2 atom stereocenters. The van der Waals surface area contributed by atoms with Gasteiger partial charge in [-0.2, -0.15) is 0 Å². The Morgan fingerprint density at radius 3 is 2.59 bits per heavy atom. The number of nitrogens with zero attached hydrogens (tertiary/aromatic N) is 1. The first-order valence-corrected chi connectivity index (χ1v) is 6.15. The van der Waals surface area contributed by atoms with Crippen LogP contribution in [0.4, 0.5) is 0 Å². The minimum Gasteiger partial charge on any atom is -0.475 e. The Bertz CT molecular complexity index is 389. The van der Waals surface area contributed by atoms with Crippen molar-refractivity contribution in [2.24, 2.45) is 0 Å². The summed E-state index contributed by atoms with van der Waals surface area (Å²) in [5, 5.41) is 8.80. The molecule has 1 fully saturated rings. The minimum absolute atomic E-state index is 0.0253. The van der Waals surface area contributed by atoms with E-state index in [1.165, 1.54) is 25.3 Å². The molecule has 1 aliphatic rings. The fourth-order valence-electron chi connectivity index (χ4n) is 2.54. The third-order valence-corrected chi connectivity index (χ3v) is 3.59. The number of rotatable bonds is 3. The third-order valence-electron chi connectivity index (χ3n) is 3.59. The molecule has 2 rings (SSSR count). The maximum atomic E-state index is 10.7. The highest BCUT2D eigenvalue weighted by Crippen LogP contribution is 2.25. The summed E-state index contributed by atoms with van der Waals surface area (Å²) in [5.74, 6) is -0.240. The van der Waals surface area contributed by atoms with Gasteiger partial charge in [0.05, 0.1) is 6.54 Å². The first kappa shape index (κ1) is 12.2. The van der Waals surface area contributed by atoms with E-state index in [9.17, 15) is 4.79 Å². The molecule has 1 N–H and O–H groups in total. The number of carboxylic acids is 1. The van der Waals surface area contributed by atoms with E-state index in [2.05, 4.69) is 18.7 Å². The Balaban J connectivity index is 2.05. The molecule has 0 bridgehead atoms. The molecular formula is C13H19NO3. The quantitative estimate of drug-likeness (QED) is 0.878. The summed E-state index contributed by atoms with van der Waals surface area (Å²) in [4.78, 5) is 13.1. The Morgan fingerprint density at radius 2 is 2.06 bits per heavy atom. The van der Waals surface area contributed by atoms with Gasteiger partial charge in [0, 0.05) is 12.1 Å². The van der Waals surface area contributed by atoms with Crippen molar-refractivity contribution in [3.63, 3.8) is 0 Å². The van der Waals surface area contributed by atoms with Crippen LogP contribution in [-0.2, 0) is 6.54 Å². The average molecular weight is 237 g/mol. The Morgan fingerprint density at radius 1 is 1.41 bits per heavy atom. The van der Waals surface area contributed by atoms with Crippen LogP contribution in [-0.4, -0.2) is 28.1 Å². The van der Waals surface area contributed by atoms with Gasteiger partial charge in [0.1, 0.15) is 5.76 Å². The van der Waals surface area contributed by atoms with E-state index in [1.807, 2.05) is 0 Å². The largest absolute Gasteiger partial charge is 0.475 e. The van der Waals surface area contributed by atoms with E-state index >= 15 is 0 Å². The first-order chi connectivity index (χ1) is 8.08. The maximum Gasteiger partial charge on any atom is 0.371 e. The fourth-order valence-corrected chi connectivity index (χ4v) is 2.54. The predicted octanol–water partition coefficient (Wildman–Crippen LogP) is 2.74. The monoisotopic (exact) mass is 237 g/mol. The highest BCUT2D eigenvalue weighted by atomic mass is 16.4. The van der Waals surface area contributed by atoms with Crippen LogP contribution in [0.5, 0.6) is 0 Å². The standard InChI is InChI=1S/C13H19NO3/c1-9-4-3-5-10(2)14(9)8-11-6-7-12(17-11)13(15)16/h6-7,9-10H,3-5,8H2,1-2H3,(H,15,16). The van der Waals surface area contributed by atoms with Crippen molar-refractivity contribution in [2.45, 2.75) is 51.7 Å². The highest BCUT2D eigenvalue weighted by Gasteiger charge is 2.25. The molecule has 4 nitrogen and oxygen atoms in total. The normalized spacial score (nSPS) is 26.0. The molecule has 1 saturated heterocycles. The van der Waals surface area contributed by atoms with Crippen molar-refractivity contribution in [1.82, 2.24) is 4.90 Å². The summed E-state index contributed by atoms with van der Waals surface area (Å²) in [6.07, 6.45) is 3.69. The molecule has 1 aromatic heterocycles. The van der Waals surface area contributed by atoms with Crippen LogP contribution in [0.1, 0.15) is 49.4 Å². The fraction of sp³-hybridized carbons (Fsp3) is 0.615. The smallest absolute Gasteiger partial charge is 0.371 e. The van der Waals surface area contributed by atoms with Gasteiger partial charge in [0.2, 0.25) is 5.76 Å². The molecule has 0 amide bonds. The summed E-state index contributed by atoms with van der Waals surface area (Å²) in [5.41, 5.74) is 0. The van der Waals surface area contributed by atoms with Gasteiger partial charge in [0.25, 0.3) is 0 Å². The van der Waals surface area contributed by atoms with Gasteiger partial charge in [-0.25, -0.2) is 4.79 Å². The topological polar surface area (TPSA) is 53.7 Å². The lowest BCUT2D eigenvalue weighted by atomic mass is 9.97. The lowest BCUT2D eigenvalue weighted by Crippen LogP contribution is -2.42. The van der Waals surface area contributed by atoms with Crippen LogP contribution in [0.2, 0.25) is 0 Å². The van der Waals surface area contributed by atoms with Gasteiger partial charge in [-0.1, -0.05) is 6.42 Å². The van der Waals surface area contributed by atoms with Crippen LogP contribution in [0.25, 0.3) is 0 Å². The number of hydrogen-bond acceptors (Lipinski definition) is 3. The number of carbonyl (C=O) groups is 1. The number of carboxylic acid groups (broad SMARTS) is 1. The van der Waals surface area contributed by atoms with E-state index in [4.69, 9.17) is 9.52 Å². The number of hydrogen-bond donors (Lipinski definition) is 1. The zero-order chi connectivity index (χ0) is 12.4. The summed E-state index contributed by atoms with van der Waals surface area (Å²) in [6.45, 7) is 5.14. The van der Waals surface area contributed by atoms with Crippen LogP contribution < -0.4 is 0 Å². The van der Waals surface area contributed by atoms with Crippen molar-refractivity contribution in [2.75, 3.05) is 0 Å². The number of aromatic carboxylic acids is 1. The van der Waals surface area contributed by atoms with Crippen molar-refractivity contribution < 1.29 is 14.3 Å². The summed E-state index contributed by atoms with van der Waals surface area (Å²) >= 11 is 0. The van der Waals surface area contributed by atoms with Crippen LogP contribution in [0.3, 0.4) is 0 Å². The molecule has 0 radical (unpaired) electrons. The second kappa shape index (κ2) is 4.92. The molecule has 0 aromatic carbocycles. The van der Waals surface area contributed by atoms with Gasteiger partial charge < -0.3 is 9.52 Å². The van der Waals surface area contributed by atoms with Gasteiger partial charge in [0.15, 0.2) is 0 Å². The second-order valence-electron chi connectivity index (χ2n) is 4.87. The first-order valence-electron chi connectivity index (χ1n) is 6.15. The van der Waals surface area contributed by atoms with Crippen molar-refractivity contribution in [1.29, 1.82) is 0 Å². The average Bonchev–Trinajstić information content (AvgIpc) is 2.72. The molecule has 2 unspecified atom stereocenters. The SMILES string of the molecule is CC1CCCC(C)N1Cc1ccc(C(=O)O)o1. The molecule has 94 valence electrons. The van der Waals surface area contributed by atoms with Gasteiger partial charge in [-0.3, -0.25) is 4.90 Å². The molecule has 2 heterocycles. The van der Waals surface area contributed by atoms with E-state index in [1.54, 1.807) is 6.07 Å². The molecule has 17 heavy (non-hydrogen) atoms. The van der Waals surface area contributed by atoms with Crippen molar-refractivity contribution in [3.8, 4) is 0 Å². The van der Waals surface area contributed by atoms with E-state index in [0.717, 1.165) is 5.76 Å². The summed E-state index contributed by atoms with van der Waals surface area (Å²) in [6, 6.07) is 4.36. The lowest BCUT2D eigenvalue weighted by molar-refractivity contribution is 0.0645. The Labute approximate surface area is 101 Å². The van der Waals surface area contributed by atoms with Gasteiger partial charge in [-0.15, -0.1) is 0 Å². The van der Waals surface area contributed by atoms with E-state index in [-0.39, 0.29) is 5.76 Å². The van der Waals surface area contributed by atoms with E-state index in [0.29, 0.717) is 18.6 Å². The number of furan rings is 1. The van der Waals surface area contributed by atoms with Crippen LogP contribution in [0.15, 0.2) is 16.5 Å². The lowest BCUT2D eigenvalue weighted by Gasteiger charge is -2.38. The molecule has 0 saturated carbocycles. The van der Waals surface area contributed by atoms with Gasteiger partial charge >= 0.3 is 5.97 Å². The summed E-state index contributed by atoms with van der Waals surface area (Å²) < 4.78 is 5.30. The number of piperidine rings is 1. The third kappa shape index (κ3) is 2.69. The van der Waals surface area contributed by atoms with Crippen molar-refractivity contribution >= 4 is 5.97 Å². The molecular weight excluding hydrogens is 218 g/mol. The maximum absolute atomic E-state index is 10.7. The zero-order valence-electron chi connectivity index (χ0n) is 10.3. The predicted molar refractivity (Wildman–Crippen MR) is 64.0 cm³/mol. The summed E-state index contributed by atoms with van der Waals surface area (Å²) in [7, 11) is 0. The molecule has 1 aliphatic heterocycles. The zero-order valence-corrected chi connectivity index (χ0v) is 10.3. The molecule has 0 spiro atoms. The van der Waals surface area contributed by atoms with Crippen molar-refractivity contribution in [3.05, 3.63) is 23.7 Å². The van der Waals surface area contributed by atoms with Crippen LogP contribution >= 0.6 is 0 Å². The second-order valence-corrected chi connectivity index (χ2v) is 4.87. The minimum atomic E-state index is -1.00. The van der Waals surface area contributed by atoms with E-state index < -0.39 is 5.97 Å². The molecule has 4 heteroatoms.